The maximum absolute atomic E-state index is 13.9. The van der Waals surface area contributed by atoms with Crippen molar-refractivity contribution in [3.8, 4) is 0 Å². The molecule has 0 spiro atoms. The largest absolute Gasteiger partial charge is 0.313 e. The Hall–Kier alpha value is -1.16. The summed E-state index contributed by atoms with van der Waals surface area (Å²) >= 11 is 11.4. The fourth-order valence-corrected chi connectivity index (χ4v) is 2.33. The average molecular weight is 316 g/mol. The Morgan fingerprint density at radius 3 is 2.40 bits per heavy atom. The molecular weight excluding hydrogens is 303 g/mol. The van der Waals surface area contributed by atoms with Gasteiger partial charge in [0.25, 0.3) is 0 Å². The standard InChI is InChI=1S/C15H13Cl2F2N/c1-20-15(11-4-3-10(16)8-13(11)18)7-9-2-5-12(17)14(19)6-9/h2-6,8,15,20H,7H2,1H3. The van der Waals surface area contributed by atoms with E-state index in [2.05, 4.69) is 5.32 Å². The van der Waals surface area contributed by atoms with Gasteiger partial charge in [0.15, 0.2) is 0 Å². The lowest BCUT2D eigenvalue weighted by Gasteiger charge is -2.18. The SMILES string of the molecule is CNC(Cc1ccc(Cl)c(F)c1)c1ccc(Cl)cc1F. The van der Waals surface area contributed by atoms with E-state index in [-0.39, 0.29) is 16.9 Å². The molecule has 0 aliphatic carbocycles. The highest BCUT2D eigenvalue weighted by molar-refractivity contribution is 6.30. The Morgan fingerprint density at radius 1 is 1.05 bits per heavy atom. The predicted octanol–water partition coefficient (Wildman–Crippen LogP) is 4.77. The first-order chi connectivity index (χ1) is 9.51. The highest BCUT2D eigenvalue weighted by Gasteiger charge is 2.15. The molecule has 106 valence electrons. The van der Waals surface area contributed by atoms with Crippen molar-refractivity contribution >= 4 is 23.2 Å². The van der Waals surface area contributed by atoms with E-state index in [1.54, 1.807) is 25.2 Å². The third-order valence-electron chi connectivity index (χ3n) is 3.11. The Balaban J connectivity index is 2.26. The van der Waals surface area contributed by atoms with Crippen molar-refractivity contribution in [3.63, 3.8) is 0 Å². The number of halogens is 4. The smallest absolute Gasteiger partial charge is 0.142 e. The molecule has 20 heavy (non-hydrogen) atoms. The van der Waals surface area contributed by atoms with E-state index < -0.39 is 5.82 Å². The number of likely N-dealkylation sites (N-methyl/N-ethyl adjacent to an activating group) is 1. The second-order valence-corrected chi connectivity index (χ2v) is 5.30. The average Bonchev–Trinajstić information content (AvgIpc) is 2.41. The van der Waals surface area contributed by atoms with Crippen molar-refractivity contribution in [3.05, 3.63) is 69.2 Å². The molecule has 0 aliphatic rings. The summed E-state index contributed by atoms with van der Waals surface area (Å²) in [6.07, 6.45) is 0.448. The third-order valence-corrected chi connectivity index (χ3v) is 3.65. The van der Waals surface area contributed by atoms with Gasteiger partial charge in [0.2, 0.25) is 0 Å². The fraction of sp³-hybridized carbons (Fsp3) is 0.200. The number of nitrogens with one attached hydrogen (secondary N) is 1. The molecule has 0 aliphatic heterocycles. The van der Waals surface area contributed by atoms with Crippen LogP contribution in [-0.2, 0) is 6.42 Å². The topological polar surface area (TPSA) is 12.0 Å². The van der Waals surface area contributed by atoms with Gasteiger partial charge in [-0.2, -0.15) is 0 Å². The second-order valence-electron chi connectivity index (χ2n) is 4.46. The first kappa shape index (κ1) is 15.2. The molecule has 0 radical (unpaired) electrons. The summed E-state index contributed by atoms with van der Waals surface area (Å²) in [7, 11) is 1.73. The minimum Gasteiger partial charge on any atom is -0.313 e. The van der Waals surface area contributed by atoms with Gasteiger partial charge in [0.05, 0.1) is 5.02 Å². The zero-order valence-corrected chi connectivity index (χ0v) is 12.3. The van der Waals surface area contributed by atoms with Crippen LogP contribution in [0.2, 0.25) is 10.0 Å². The van der Waals surface area contributed by atoms with Crippen molar-refractivity contribution in [2.75, 3.05) is 7.05 Å². The molecule has 0 saturated heterocycles. The first-order valence-corrected chi connectivity index (χ1v) is 6.83. The lowest BCUT2D eigenvalue weighted by Crippen LogP contribution is -2.20. The maximum Gasteiger partial charge on any atom is 0.142 e. The van der Waals surface area contributed by atoms with Crippen LogP contribution in [0.5, 0.6) is 0 Å². The molecule has 1 atom stereocenters. The van der Waals surface area contributed by atoms with Gasteiger partial charge in [0.1, 0.15) is 11.6 Å². The van der Waals surface area contributed by atoms with Crippen LogP contribution in [0.15, 0.2) is 36.4 Å². The van der Waals surface area contributed by atoms with Gasteiger partial charge in [-0.15, -0.1) is 0 Å². The molecule has 0 bridgehead atoms. The van der Waals surface area contributed by atoms with E-state index >= 15 is 0 Å². The second kappa shape index (κ2) is 6.53. The van der Waals surface area contributed by atoms with Crippen LogP contribution in [0.25, 0.3) is 0 Å². The zero-order valence-electron chi connectivity index (χ0n) is 10.8. The van der Waals surface area contributed by atoms with E-state index in [1.165, 1.54) is 18.2 Å². The molecule has 2 aromatic rings. The Bertz CT molecular complexity index is 617. The van der Waals surface area contributed by atoms with E-state index in [4.69, 9.17) is 23.2 Å². The third kappa shape index (κ3) is 3.48. The first-order valence-electron chi connectivity index (χ1n) is 6.07. The molecule has 1 nitrogen and oxygen atoms in total. The van der Waals surface area contributed by atoms with Crippen LogP contribution in [0, 0.1) is 11.6 Å². The fourth-order valence-electron chi connectivity index (χ4n) is 2.05. The minimum absolute atomic E-state index is 0.0763. The van der Waals surface area contributed by atoms with E-state index in [0.717, 1.165) is 5.56 Å². The lowest BCUT2D eigenvalue weighted by molar-refractivity contribution is 0.532. The van der Waals surface area contributed by atoms with Crippen molar-refractivity contribution in [2.24, 2.45) is 0 Å². The Kier molecular flexibility index (Phi) is 4.97. The molecule has 1 N–H and O–H groups in total. The molecule has 2 rings (SSSR count). The summed E-state index contributed by atoms with van der Waals surface area (Å²) in [5.41, 5.74) is 1.23. The molecule has 1 unspecified atom stereocenters. The van der Waals surface area contributed by atoms with Gasteiger partial charge < -0.3 is 5.32 Å². The summed E-state index contributed by atoms with van der Waals surface area (Å²) in [4.78, 5) is 0. The van der Waals surface area contributed by atoms with E-state index in [0.29, 0.717) is 17.0 Å². The highest BCUT2D eigenvalue weighted by atomic mass is 35.5. The van der Waals surface area contributed by atoms with Gasteiger partial charge in [0, 0.05) is 16.6 Å². The predicted molar refractivity (Wildman–Crippen MR) is 78.3 cm³/mol. The summed E-state index contributed by atoms with van der Waals surface area (Å²) in [6, 6.07) is 8.84. The molecule has 2 aromatic carbocycles. The molecule has 0 saturated carbocycles. The monoisotopic (exact) mass is 315 g/mol. The number of hydrogen-bond donors (Lipinski definition) is 1. The molecule has 0 aromatic heterocycles. The number of hydrogen-bond acceptors (Lipinski definition) is 1. The van der Waals surface area contributed by atoms with Gasteiger partial charge in [-0.25, -0.2) is 8.78 Å². The lowest BCUT2D eigenvalue weighted by atomic mass is 9.98. The summed E-state index contributed by atoms with van der Waals surface area (Å²) < 4.78 is 27.3. The summed E-state index contributed by atoms with van der Waals surface area (Å²) in [5.74, 6) is -0.859. The van der Waals surface area contributed by atoms with Crippen LogP contribution in [0.1, 0.15) is 17.2 Å². The van der Waals surface area contributed by atoms with Crippen molar-refractivity contribution in [2.45, 2.75) is 12.5 Å². The van der Waals surface area contributed by atoms with Crippen LogP contribution in [0.3, 0.4) is 0 Å². The van der Waals surface area contributed by atoms with Crippen molar-refractivity contribution in [1.82, 2.24) is 5.32 Å². The van der Waals surface area contributed by atoms with Gasteiger partial charge >= 0.3 is 0 Å². The van der Waals surface area contributed by atoms with E-state index in [9.17, 15) is 8.78 Å². The van der Waals surface area contributed by atoms with Crippen LogP contribution in [-0.4, -0.2) is 7.05 Å². The molecule has 5 heteroatoms. The quantitative estimate of drug-likeness (QED) is 0.856. The molecule has 0 amide bonds. The Labute approximate surface area is 126 Å². The molecule has 0 heterocycles. The molecule has 0 fully saturated rings. The van der Waals surface area contributed by atoms with Crippen LogP contribution in [0.4, 0.5) is 8.78 Å². The maximum atomic E-state index is 13.9. The highest BCUT2D eigenvalue weighted by Crippen LogP contribution is 2.25. The molecular formula is C15H13Cl2F2N. The zero-order chi connectivity index (χ0) is 14.7. The van der Waals surface area contributed by atoms with Crippen molar-refractivity contribution in [1.29, 1.82) is 0 Å². The van der Waals surface area contributed by atoms with Crippen LogP contribution < -0.4 is 5.32 Å². The normalized spacial score (nSPS) is 12.4. The van der Waals surface area contributed by atoms with Gasteiger partial charge in [-0.3, -0.25) is 0 Å². The van der Waals surface area contributed by atoms with Gasteiger partial charge in [-0.05, 0) is 43.3 Å². The minimum atomic E-state index is -0.476. The Morgan fingerprint density at radius 2 is 1.80 bits per heavy atom. The summed E-state index contributed by atoms with van der Waals surface area (Å²) in [5, 5.41) is 3.44. The number of benzene rings is 2. The van der Waals surface area contributed by atoms with Gasteiger partial charge in [-0.1, -0.05) is 35.3 Å². The van der Waals surface area contributed by atoms with E-state index in [1.807, 2.05) is 0 Å². The van der Waals surface area contributed by atoms with Crippen molar-refractivity contribution < 1.29 is 8.78 Å². The summed E-state index contributed by atoms with van der Waals surface area (Å²) in [6.45, 7) is 0. The number of rotatable bonds is 4. The van der Waals surface area contributed by atoms with Crippen LogP contribution >= 0.6 is 23.2 Å².